The number of nitrogens with one attached hydrogen (secondary N) is 2. The van der Waals surface area contributed by atoms with Crippen LogP contribution < -0.4 is 15.6 Å². The van der Waals surface area contributed by atoms with Crippen LogP contribution >= 0.6 is 11.3 Å². The van der Waals surface area contributed by atoms with E-state index in [1.165, 1.54) is 0 Å². The normalized spacial score (nSPS) is 11.7. The monoisotopic (exact) mass is 368 g/mol. The first-order chi connectivity index (χ1) is 12.6. The third-order valence-corrected chi connectivity index (χ3v) is 4.68. The number of hydrogen-bond donors (Lipinski definition) is 2. The number of carbonyl (C=O) groups is 2. The van der Waals surface area contributed by atoms with Gasteiger partial charge in [-0.25, -0.2) is 0 Å². The van der Waals surface area contributed by atoms with Gasteiger partial charge in [0.1, 0.15) is 5.75 Å². The van der Waals surface area contributed by atoms with Crippen LogP contribution in [0.25, 0.3) is 10.8 Å². The Kier molecular flexibility index (Phi) is 5.86. The summed E-state index contributed by atoms with van der Waals surface area (Å²) < 4.78 is 5.67. The second kappa shape index (κ2) is 8.49. The topological polar surface area (TPSA) is 67.4 Å². The number of rotatable bonds is 6. The Morgan fingerprint density at radius 2 is 1.88 bits per heavy atom. The molecule has 1 heterocycles. The maximum absolute atomic E-state index is 12.1. The predicted molar refractivity (Wildman–Crippen MR) is 103 cm³/mol. The highest BCUT2D eigenvalue weighted by molar-refractivity contribution is 7.07. The summed E-state index contributed by atoms with van der Waals surface area (Å²) in [5.41, 5.74) is 5.95. The molecular weight excluding hydrogens is 348 g/mol. The lowest BCUT2D eigenvalue weighted by atomic mass is 10.1. The van der Waals surface area contributed by atoms with E-state index in [-0.39, 0.29) is 5.91 Å². The third-order valence-electron chi connectivity index (χ3n) is 3.95. The summed E-state index contributed by atoms with van der Waals surface area (Å²) in [7, 11) is 0. The molecular formula is C20H20N2O3S. The standard InChI is InChI=1S/C20H20N2O3S/c1-14(25-18-8-7-16-4-2-3-5-17(16)12-18)20(24)22-21-19(23)9-6-15-10-11-26-13-15/h2-5,7-8,10-14H,6,9H2,1H3,(H,21,23)(H,22,24)/t14-/m0/s1. The van der Waals surface area contributed by atoms with Crippen molar-refractivity contribution in [3.63, 3.8) is 0 Å². The highest BCUT2D eigenvalue weighted by atomic mass is 32.1. The van der Waals surface area contributed by atoms with E-state index in [0.717, 1.165) is 16.3 Å². The lowest BCUT2D eigenvalue weighted by Gasteiger charge is -2.15. The molecule has 1 atom stereocenters. The van der Waals surface area contributed by atoms with Gasteiger partial charge in [-0.3, -0.25) is 20.4 Å². The van der Waals surface area contributed by atoms with Gasteiger partial charge >= 0.3 is 0 Å². The Morgan fingerprint density at radius 1 is 1.08 bits per heavy atom. The van der Waals surface area contributed by atoms with E-state index in [1.807, 2.05) is 59.3 Å². The van der Waals surface area contributed by atoms with E-state index in [0.29, 0.717) is 18.6 Å². The minimum Gasteiger partial charge on any atom is -0.481 e. The summed E-state index contributed by atoms with van der Waals surface area (Å²) in [4.78, 5) is 23.9. The third kappa shape index (κ3) is 4.83. The Bertz CT molecular complexity index is 893. The van der Waals surface area contributed by atoms with Crippen LogP contribution in [-0.2, 0) is 16.0 Å². The number of thiophene rings is 1. The van der Waals surface area contributed by atoms with Gasteiger partial charge in [0, 0.05) is 6.42 Å². The average Bonchev–Trinajstić information content (AvgIpc) is 3.18. The van der Waals surface area contributed by atoms with Crippen molar-refractivity contribution in [1.82, 2.24) is 10.9 Å². The number of carbonyl (C=O) groups excluding carboxylic acids is 2. The Balaban J connectivity index is 1.46. The summed E-state index contributed by atoms with van der Waals surface area (Å²) in [6.07, 6.45) is 0.235. The molecule has 0 unspecified atom stereocenters. The summed E-state index contributed by atoms with van der Waals surface area (Å²) in [6.45, 7) is 1.64. The van der Waals surface area contributed by atoms with Crippen molar-refractivity contribution in [1.29, 1.82) is 0 Å². The molecule has 5 nitrogen and oxygen atoms in total. The van der Waals surface area contributed by atoms with Gasteiger partial charge in [-0.2, -0.15) is 11.3 Å². The van der Waals surface area contributed by atoms with Crippen molar-refractivity contribution in [3.8, 4) is 5.75 Å². The molecule has 3 aromatic rings. The number of benzene rings is 2. The van der Waals surface area contributed by atoms with Crippen LogP contribution in [0.4, 0.5) is 0 Å². The molecule has 0 saturated carbocycles. The second-order valence-electron chi connectivity index (χ2n) is 5.94. The molecule has 0 spiro atoms. The number of hydrogen-bond acceptors (Lipinski definition) is 4. The Labute approximate surface area is 156 Å². The zero-order chi connectivity index (χ0) is 18.4. The molecule has 2 aromatic carbocycles. The van der Waals surface area contributed by atoms with E-state index in [1.54, 1.807) is 18.3 Å². The molecule has 2 N–H and O–H groups in total. The van der Waals surface area contributed by atoms with Crippen LogP contribution in [0.3, 0.4) is 0 Å². The molecule has 26 heavy (non-hydrogen) atoms. The second-order valence-corrected chi connectivity index (χ2v) is 6.72. The van der Waals surface area contributed by atoms with Crippen molar-refractivity contribution in [2.75, 3.05) is 0 Å². The molecule has 0 aliphatic heterocycles. The van der Waals surface area contributed by atoms with E-state index in [9.17, 15) is 9.59 Å². The van der Waals surface area contributed by atoms with Crippen molar-refractivity contribution in [3.05, 3.63) is 64.9 Å². The average molecular weight is 368 g/mol. The van der Waals surface area contributed by atoms with Crippen LogP contribution in [0, 0.1) is 0 Å². The first-order valence-electron chi connectivity index (χ1n) is 8.37. The van der Waals surface area contributed by atoms with Crippen LogP contribution in [0.1, 0.15) is 18.9 Å². The lowest BCUT2D eigenvalue weighted by Crippen LogP contribution is -2.47. The van der Waals surface area contributed by atoms with Gasteiger partial charge in [0.25, 0.3) is 5.91 Å². The van der Waals surface area contributed by atoms with Gasteiger partial charge in [0.2, 0.25) is 5.91 Å². The van der Waals surface area contributed by atoms with Gasteiger partial charge in [-0.1, -0.05) is 30.3 Å². The fraction of sp³-hybridized carbons (Fsp3) is 0.200. The Hall–Kier alpha value is -2.86. The molecule has 3 rings (SSSR count). The van der Waals surface area contributed by atoms with E-state index in [2.05, 4.69) is 10.9 Å². The zero-order valence-electron chi connectivity index (χ0n) is 14.4. The quantitative estimate of drug-likeness (QED) is 0.655. The van der Waals surface area contributed by atoms with Crippen LogP contribution in [0.5, 0.6) is 5.75 Å². The van der Waals surface area contributed by atoms with Gasteiger partial charge < -0.3 is 4.74 Å². The number of aryl methyl sites for hydroxylation is 1. The van der Waals surface area contributed by atoms with Gasteiger partial charge in [0.05, 0.1) is 0 Å². The molecule has 0 aliphatic rings. The highest BCUT2D eigenvalue weighted by Crippen LogP contribution is 2.21. The number of amides is 2. The molecule has 1 aromatic heterocycles. The largest absolute Gasteiger partial charge is 0.481 e. The van der Waals surface area contributed by atoms with E-state index < -0.39 is 12.0 Å². The molecule has 0 aliphatic carbocycles. The fourth-order valence-electron chi connectivity index (χ4n) is 2.49. The summed E-state index contributed by atoms with van der Waals surface area (Å²) in [5.74, 6) is -0.0281. The van der Waals surface area contributed by atoms with E-state index >= 15 is 0 Å². The molecule has 0 saturated heterocycles. The predicted octanol–water partition coefficient (Wildman–Crippen LogP) is 3.45. The van der Waals surface area contributed by atoms with Gasteiger partial charge in [0.15, 0.2) is 6.10 Å². The van der Waals surface area contributed by atoms with Gasteiger partial charge in [-0.15, -0.1) is 0 Å². The van der Waals surface area contributed by atoms with Crippen molar-refractivity contribution < 1.29 is 14.3 Å². The number of hydrazine groups is 1. The lowest BCUT2D eigenvalue weighted by molar-refractivity contribution is -0.132. The first-order valence-corrected chi connectivity index (χ1v) is 9.31. The van der Waals surface area contributed by atoms with Crippen molar-refractivity contribution in [2.45, 2.75) is 25.9 Å². The molecule has 0 radical (unpaired) electrons. The fourth-order valence-corrected chi connectivity index (χ4v) is 3.19. The number of ether oxygens (including phenoxy) is 1. The molecule has 6 heteroatoms. The van der Waals surface area contributed by atoms with Crippen LogP contribution in [0.2, 0.25) is 0 Å². The smallest absolute Gasteiger partial charge is 0.279 e. The van der Waals surface area contributed by atoms with Crippen molar-refractivity contribution >= 4 is 33.9 Å². The summed E-state index contributed by atoms with van der Waals surface area (Å²) in [5, 5.41) is 6.13. The van der Waals surface area contributed by atoms with Crippen LogP contribution in [0.15, 0.2) is 59.3 Å². The minimum absolute atomic E-state index is 0.234. The zero-order valence-corrected chi connectivity index (χ0v) is 15.2. The molecule has 0 bridgehead atoms. The van der Waals surface area contributed by atoms with Crippen molar-refractivity contribution in [2.24, 2.45) is 0 Å². The summed E-state index contributed by atoms with van der Waals surface area (Å²) in [6, 6.07) is 15.6. The van der Waals surface area contributed by atoms with E-state index in [4.69, 9.17) is 4.74 Å². The first kappa shape index (κ1) is 17.9. The SMILES string of the molecule is C[C@H](Oc1ccc2ccccc2c1)C(=O)NNC(=O)CCc1ccsc1. The summed E-state index contributed by atoms with van der Waals surface area (Å²) >= 11 is 1.60. The molecule has 134 valence electrons. The Morgan fingerprint density at radius 3 is 2.65 bits per heavy atom. The van der Waals surface area contributed by atoms with Gasteiger partial charge in [-0.05, 0) is 58.6 Å². The van der Waals surface area contributed by atoms with Crippen LogP contribution in [-0.4, -0.2) is 17.9 Å². The maximum atomic E-state index is 12.1. The minimum atomic E-state index is -0.728. The maximum Gasteiger partial charge on any atom is 0.279 e. The number of fused-ring (bicyclic) bond motifs is 1. The molecule has 0 fully saturated rings. The highest BCUT2D eigenvalue weighted by Gasteiger charge is 2.15. The molecule has 2 amide bonds.